The van der Waals surface area contributed by atoms with Crippen molar-refractivity contribution in [2.45, 2.75) is 17.1 Å². The van der Waals surface area contributed by atoms with Gasteiger partial charge in [-0.05, 0) is 12.8 Å². The van der Waals surface area contributed by atoms with Crippen molar-refractivity contribution in [1.82, 2.24) is 0 Å². The van der Waals surface area contributed by atoms with Crippen molar-refractivity contribution in [3.8, 4) is 0 Å². The van der Waals surface area contributed by atoms with Crippen LogP contribution in [0.3, 0.4) is 0 Å². The predicted molar refractivity (Wildman–Crippen MR) is 55.9 cm³/mol. The molecule has 1 rings (SSSR count). The zero-order valence-electron chi connectivity index (χ0n) is 5.76. The first-order chi connectivity index (χ1) is 4.23. The fourth-order valence-corrected chi connectivity index (χ4v) is 0.510. The molecule has 72 valence electrons. The summed E-state index contributed by atoms with van der Waals surface area (Å²) >= 11 is 14.4. The van der Waals surface area contributed by atoms with E-state index >= 15 is 0 Å². The van der Waals surface area contributed by atoms with Gasteiger partial charge in [0.05, 0.1) is 0 Å². The van der Waals surface area contributed by atoms with Gasteiger partial charge in [-0.3, -0.25) is 0 Å². The Labute approximate surface area is 94.5 Å². The summed E-state index contributed by atoms with van der Waals surface area (Å²) in [6.45, 7) is 2.00. The van der Waals surface area contributed by atoms with Gasteiger partial charge in [-0.25, -0.2) is 0 Å². The van der Waals surface area contributed by atoms with Gasteiger partial charge in [0, 0.05) is 13.2 Å². The second-order valence-electron chi connectivity index (χ2n) is 1.57. The van der Waals surface area contributed by atoms with E-state index in [4.69, 9.17) is 39.5 Å². The minimum atomic E-state index is -0.750. The average molecular weight is 264 g/mol. The maximum absolute atomic E-state index is 4.94. The Morgan fingerprint density at radius 1 is 0.909 bits per heavy atom. The first kappa shape index (κ1) is 18.2. The smallest absolute Gasteiger partial charge is 0.180 e. The molecule has 0 unspecified atom stereocenters. The van der Waals surface area contributed by atoms with Crippen molar-refractivity contribution in [1.29, 1.82) is 0 Å². The van der Waals surface area contributed by atoms with E-state index in [-0.39, 0.29) is 24.8 Å². The SMILES string of the molecule is C1CCOC1.Cl.Cl.ClC(Cl)Cl. The largest absolute Gasteiger partial charge is 0.381 e. The van der Waals surface area contributed by atoms with E-state index in [1.165, 1.54) is 12.8 Å². The van der Waals surface area contributed by atoms with Crippen LogP contribution in [-0.4, -0.2) is 17.5 Å². The molecule has 1 heterocycles. The molecular formula is C5H11Cl5O. The van der Waals surface area contributed by atoms with Crippen LogP contribution in [0.15, 0.2) is 0 Å². The highest BCUT2D eigenvalue weighted by Gasteiger charge is 1.94. The van der Waals surface area contributed by atoms with E-state index in [1.54, 1.807) is 0 Å². The highest BCUT2D eigenvalue weighted by atomic mass is 35.6. The molecule has 0 aliphatic carbocycles. The van der Waals surface area contributed by atoms with Crippen LogP contribution in [0.1, 0.15) is 12.8 Å². The summed E-state index contributed by atoms with van der Waals surface area (Å²) in [6, 6.07) is 0. The number of alkyl halides is 3. The Kier molecular flexibility index (Phi) is 23.2. The molecule has 0 aromatic carbocycles. The quantitative estimate of drug-likeness (QED) is 0.607. The molecule has 1 saturated heterocycles. The molecule has 1 fully saturated rings. The molecule has 0 N–H and O–H groups in total. The third-order valence-corrected chi connectivity index (χ3v) is 0.827. The van der Waals surface area contributed by atoms with Crippen LogP contribution in [0.4, 0.5) is 0 Å². The second-order valence-corrected chi connectivity index (χ2v) is 3.55. The Morgan fingerprint density at radius 3 is 1.27 bits per heavy atom. The molecule has 1 aliphatic heterocycles. The lowest BCUT2D eigenvalue weighted by Gasteiger charge is -1.76. The van der Waals surface area contributed by atoms with Gasteiger partial charge >= 0.3 is 0 Å². The van der Waals surface area contributed by atoms with Gasteiger partial charge in [0.1, 0.15) is 0 Å². The van der Waals surface area contributed by atoms with Crippen LogP contribution >= 0.6 is 59.6 Å². The number of ether oxygens (including phenoxy) is 1. The molecule has 0 radical (unpaired) electrons. The zero-order valence-corrected chi connectivity index (χ0v) is 9.67. The molecule has 11 heavy (non-hydrogen) atoms. The number of hydrogen-bond donors (Lipinski definition) is 0. The summed E-state index contributed by atoms with van der Waals surface area (Å²) in [5, 5.41) is 0. The Balaban J connectivity index is -0.000000101. The van der Waals surface area contributed by atoms with Crippen LogP contribution in [0.2, 0.25) is 0 Å². The minimum absolute atomic E-state index is 0. The number of hydrogen-bond acceptors (Lipinski definition) is 1. The standard InChI is InChI=1S/C4H8O.CHCl3.2ClH/c1-2-4-5-3-1;2-1(3)4;;/h1-4H2;1H;2*1H. The van der Waals surface area contributed by atoms with E-state index in [9.17, 15) is 0 Å². The molecule has 0 saturated carbocycles. The van der Waals surface area contributed by atoms with Crippen LogP contribution in [0.25, 0.3) is 0 Å². The lowest BCUT2D eigenvalue weighted by molar-refractivity contribution is 0.198. The maximum atomic E-state index is 4.94. The van der Waals surface area contributed by atoms with Gasteiger partial charge in [0.2, 0.25) is 0 Å². The van der Waals surface area contributed by atoms with Gasteiger partial charge in [-0.2, -0.15) is 0 Å². The van der Waals surface area contributed by atoms with Crippen molar-refractivity contribution < 1.29 is 4.74 Å². The highest BCUT2D eigenvalue weighted by Crippen LogP contribution is 2.03. The van der Waals surface area contributed by atoms with E-state index in [0.29, 0.717) is 0 Å². The van der Waals surface area contributed by atoms with Crippen molar-refractivity contribution >= 4 is 59.6 Å². The Hall–Kier alpha value is 1.41. The third kappa shape index (κ3) is 24.6. The average Bonchev–Trinajstić information content (AvgIpc) is 2.11. The van der Waals surface area contributed by atoms with Crippen molar-refractivity contribution in [3.05, 3.63) is 0 Å². The summed E-state index contributed by atoms with van der Waals surface area (Å²) in [7, 11) is 0. The highest BCUT2D eigenvalue weighted by molar-refractivity contribution is 6.63. The number of halogens is 5. The Bertz CT molecular complexity index is 46.5. The molecule has 1 nitrogen and oxygen atoms in total. The molecule has 0 bridgehead atoms. The molecule has 6 heteroatoms. The first-order valence-electron chi connectivity index (χ1n) is 2.73. The van der Waals surface area contributed by atoms with Crippen LogP contribution in [0.5, 0.6) is 0 Å². The molecule has 0 amide bonds. The molecule has 1 aliphatic rings. The van der Waals surface area contributed by atoms with E-state index in [0.717, 1.165) is 13.2 Å². The molecular weight excluding hydrogens is 253 g/mol. The van der Waals surface area contributed by atoms with E-state index in [2.05, 4.69) is 0 Å². The maximum Gasteiger partial charge on any atom is 0.180 e. The summed E-state index contributed by atoms with van der Waals surface area (Å²) in [4.78, 5) is 0. The summed E-state index contributed by atoms with van der Waals surface area (Å²) in [5.41, 5.74) is 0. The lowest BCUT2D eigenvalue weighted by Crippen LogP contribution is -1.74. The van der Waals surface area contributed by atoms with Gasteiger partial charge < -0.3 is 4.74 Å². The lowest BCUT2D eigenvalue weighted by atomic mass is 10.4. The van der Waals surface area contributed by atoms with E-state index < -0.39 is 4.30 Å². The summed E-state index contributed by atoms with van der Waals surface area (Å²) in [6.07, 6.45) is 2.56. The topological polar surface area (TPSA) is 9.23 Å². The van der Waals surface area contributed by atoms with E-state index in [1.807, 2.05) is 0 Å². The van der Waals surface area contributed by atoms with Gasteiger partial charge in [0.15, 0.2) is 4.30 Å². The summed E-state index contributed by atoms with van der Waals surface area (Å²) in [5.74, 6) is 0. The van der Waals surface area contributed by atoms with Crippen LogP contribution < -0.4 is 0 Å². The van der Waals surface area contributed by atoms with Gasteiger partial charge in [-0.15, -0.1) is 24.8 Å². The number of rotatable bonds is 0. The predicted octanol–water partition coefficient (Wildman–Crippen LogP) is 3.63. The van der Waals surface area contributed by atoms with Crippen molar-refractivity contribution in [3.63, 3.8) is 0 Å². The third-order valence-electron chi connectivity index (χ3n) is 0.827. The van der Waals surface area contributed by atoms with Gasteiger partial charge in [0.25, 0.3) is 0 Å². The van der Waals surface area contributed by atoms with Gasteiger partial charge in [-0.1, -0.05) is 34.8 Å². The van der Waals surface area contributed by atoms with Crippen molar-refractivity contribution in [2.75, 3.05) is 13.2 Å². The Morgan fingerprint density at radius 2 is 1.18 bits per heavy atom. The molecule has 0 spiro atoms. The molecule has 0 aromatic heterocycles. The minimum Gasteiger partial charge on any atom is -0.381 e. The van der Waals surface area contributed by atoms with Crippen LogP contribution in [0, 0.1) is 0 Å². The summed E-state index contributed by atoms with van der Waals surface area (Å²) < 4.78 is 4.19. The fraction of sp³-hybridized carbons (Fsp3) is 1.00. The first-order valence-corrected chi connectivity index (χ1v) is 4.04. The normalized spacial score (nSPS) is 14.2. The molecule has 0 atom stereocenters. The van der Waals surface area contributed by atoms with Crippen molar-refractivity contribution in [2.24, 2.45) is 0 Å². The fourth-order valence-electron chi connectivity index (χ4n) is 0.510. The second kappa shape index (κ2) is 14.0. The van der Waals surface area contributed by atoms with Crippen LogP contribution in [-0.2, 0) is 4.74 Å². The molecule has 0 aromatic rings. The zero-order chi connectivity index (χ0) is 7.11. The monoisotopic (exact) mass is 262 g/mol.